The average molecular weight is 562 g/mol. The molecule has 2 heterocycles. The van der Waals surface area contributed by atoms with Crippen molar-refractivity contribution < 1.29 is 61.4 Å². The van der Waals surface area contributed by atoms with E-state index >= 15 is 0 Å². The van der Waals surface area contributed by atoms with Gasteiger partial charge in [0.15, 0.2) is 6.23 Å². The van der Waals surface area contributed by atoms with Gasteiger partial charge in [0.05, 0.1) is 11.1 Å². The molecule has 30 heavy (non-hydrogen) atoms. The summed E-state index contributed by atoms with van der Waals surface area (Å²) in [6, 6.07) is 0. The van der Waals surface area contributed by atoms with Crippen LogP contribution in [-0.2, 0) is 31.6 Å². The lowest BCUT2D eigenvalue weighted by molar-refractivity contribution is -0.0542. The molecule has 0 bridgehead atoms. The smallest absolute Gasteiger partial charge is 0.387 e. The molecule has 0 aromatic carbocycles. The number of rotatable bonds is 8. The molecule has 1 aliphatic heterocycles. The summed E-state index contributed by atoms with van der Waals surface area (Å²) in [4.78, 5) is 50.8. The quantitative estimate of drug-likeness (QED) is 0.179. The summed E-state index contributed by atoms with van der Waals surface area (Å²) >= 11 is 3.01. The Kier molecular flexibility index (Phi) is 7.83. The van der Waals surface area contributed by atoms with Crippen LogP contribution < -0.4 is 11.4 Å². The van der Waals surface area contributed by atoms with Crippen LogP contribution in [-0.4, -0.2) is 64.3 Å². The van der Waals surface area contributed by atoms with Gasteiger partial charge in [-0.1, -0.05) is 0 Å². The second-order valence-corrected chi connectivity index (χ2v) is 10.9. The van der Waals surface area contributed by atoms with Crippen molar-refractivity contribution in [1.29, 1.82) is 0 Å². The molecule has 21 heteroatoms. The van der Waals surface area contributed by atoms with Crippen molar-refractivity contribution >= 4 is 45.2 Å². The number of aliphatic hydroxyl groups is 2. The highest BCUT2D eigenvalue weighted by atomic mass is 79.9. The lowest BCUT2D eigenvalue weighted by atomic mass is 10.1. The van der Waals surface area contributed by atoms with E-state index in [1.165, 1.54) is 0 Å². The van der Waals surface area contributed by atoms with E-state index in [0.717, 1.165) is 10.8 Å². The summed E-state index contributed by atoms with van der Waals surface area (Å²) in [5.41, 5.74) is 4.48. The molecular formula is C9H15BrN3O14P3. The summed E-state index contributed by atoms with van der Waals surface area (Å²) in [7, 11) is -16.8. The van der Waals surface area contributed by atoms with E-state index in [0.29, 0.717) is 0 Å². The Hall–Kier alpha value is -0.550. The SMILES string of the molecule is Nc1nc(=O)n(C2OC(COP(=O)(O)OP(=O)(O)OP(=O)(O)O)C(O)C2O)cc1Br. The molecule has 172 valence electrons. The number of aliphatic hydroxyl groups excluding tert-OH is 2. The lowest BCUT2D eigenvalue weighted by Crippen LogP contribution is -2.36. The first-order chi connectivity index (χ1) is 13.5. The third-order valence-electron chi connectivity index (χ3n) is 3.36. The van der Waals surface area contributed by atoms with Gasteiger partial charge >= 0.3 is 29.2 Å². The van der Waals surface area contributed by atoms with E-state index in [-0.39, 0.29) is 10.3 Å². The molecule has 1 fully saturated rings. The minimum atomic E-state index is -5.73. The first kappa shape index (κ1) is 25.7. The van der Waals surface area contributed by atoms with Gasteiger partial charge < -0.3 is 40.3 Å². The number of hydrogen-bond donors (Lipinski definition) is 7. The second-order valence-electron chi connectivity index (χ2n) is 5.60. The molecule has 0 amide bonds. The molecule has 0 saturated carbocycles. The van der Waals surface area contributed by atoms with Crippen LogP contribution in [0.25, 0.3) is 0 Å². The Morgan fingerprint density at radius 3 is 2.30 bits per heavy atom. The van der Waals surface area contributed by atoms with Crippen LogP contribution in [0.2, 0.25) is 0 Å². The summed E-state index contributed by atoms with van der Waals surface area (Å²) in [5, 5.41) is 20.1. The molecule has 6 atom stereocenters. The standard InChI is InChI=1S/C9H15BrN3O14P3/c10-3-1-13(9(16)12-7(3)11)8-6(15)5(14)4(25-8)2-24-29(20,21)27-30(22,23)26-28(17,18)19/h1,4-6,8,14-15H,2H2,(H,20,21)(H,22,23)(H2,11,12,16)(H2,17,18,19). The molecule has 17 nitrogen and oxygen atoms in total. The van der Waals surface area contributed by atoms with Gasteiger partial charge in [0.2, 0.25) is 0 Å². The number of phosphoric ester groups is 1. The molecule has 1 aromatic rings. The summed E-state index contributed by atoms with van der Waals surface area (Å²) in [6.45, 7) is -1.03. The number of phosphoric acid groups is 3. The van der Waals surface area contributed by atoms with E-state index < -0.39 is 60.3 Å². The van der Waals surface area contributed by atoms with Gasteiger partial charge in [0.1, 0.15) is 24.1 Å². The normalized spacial score (nSPS) is 28.8. The van der Waals surface area contributed by atoms with Crippen molar-refractivity contribution in [1.82, 2.24) is 9.55 Å². The Balaban J connectivity index is 2.09. The monoisotopic (exact) mass is 561 g/mol. The van der Waals surface area contributed by atoms with E-state index in [1.54, 1.807) is 0 Å². The van der Waals surface area contributed by atoms with E-state index in [2.05, 4.69) is 34.1 Å². The van der Waals surface area contributed by atoms with Gasteiger partial charge in [-0.15, -0.1) is 0 Å². The predicted octanol–water partition coefficient (Wildman–Crippen LogP) is -1.45. The molecular weight excluding hydrogens is 547 g/mol. The van der Waals surface area contributed by atoms with Crippen LogP contribution >= 0.6 is 39.4 Å². The predicted molar refractivity (Wildman–Crippen MR) is 96.3 cm³/mol. The van der Waals surface area contributed by atoms with Crippen LogP contribution in [0.15, 0.2) is 15.5 Å². The number of nitrogens with zero attached hydrogens (tertiary/aromatic N) is 2. The number of aromatic nitrogens is 2. The van der Waals surface area contributed by atoms with Gasteiger partial charge in [0, 0.05) is 6.20 Å². The Bertz CT molecular complexity index is 997. The summed E-state index contributed by atoms with van der Waals surface area (Å²) in [5.74, 6) is -0.159. The van der Waals surface area contributed by atoms with Crippen molar-refractivity contribution in [3.63, 3.8) is 0 Å². The van der Waals surface area contributed by atoms with Crippen LogP contribution in [0.1, 0.15) is 6.23 Å². The molecule has 0 spiro atoms. The third-order valence-corrected chi connectivity index (χ3v) is 7.78. The third kappa shape index (κ3) is 6.72. The minimum Gasteiger partial charge on any atom is -0.387 e. The maximum atomic E-state index is 11.9. The molecule has 0 radical (unpaired) electrons. The zero-order chi connectivity index (χ0) is 23.1. The van der Waals surface area contributed by atoms with Crippen molar-refractivity contribution in [2.75, 3.05) is 12.3 Å². The Labute approximate surface area is 174 Å². The number of hydrogen-bond acceptors (Lipinski definition) is 12. The molecule has 8 N–H and O–H groups in total. The second kappa shape index (κ2) is 9.13. The van der Waals surface area contributed by atoms with E-state index in [1.807, 2.05) is 0 Å². The van der Waals surface area contributed by atoms with Gasteiger partial charge in [-0.05, 0) is 15.9 Å². The fourth-order valence-corrected chi connectivity index (χ4v) is 5.55. The number of anilines is 1. The highest BCUT2D eigenvalue weighted by molar-refractivity contribution is 9.10. The zero-order valence-electron chi connectivity index (χ0n) is 14.2. The maximum absolute atomic E-state index is 11.9. The van der Waals surface area contributed by atoms with Crippen LogP contribution in [0.4, 0.5) is 5.82 Å². The van der Waals surface area contributed by atoms with Gasteiger partial charge in [-0.25, -0.2) is 18.5 Å². The first-order valence-electron chi connectivity index (χ1n) is 7.35. The Morgan fingerprint density at radius 2 is 1.73 bits per heavy atom. The number of halogens is 1. The number of nitrogen functional groups attached to an aromatic ring is 1. The number of ether oxygens (including phenoxy) is 1. The maximum Gasteiger partial charge on any atom is 0.490 e. The topological polar surface area (TPSA) is 270 Å². The highest BCUT2D eigenvalue weighted by Crippen LogP contribution is 2.66. The van der Waals surface area contributed by atoms with E-state index in [4.69, 9.17) is 25.2 Å². The average Bonchev–Trinajstić information content (AvgIpc) is 2.81. The van der Waals surface area contributed by atoms with Crippen LogP contribution in [0.3, 0.4) is 0 Å². The van der Waals surface area contributed by atoms with E-state index in [9.17, 15) is 33.6 Å². The van der Waals surface area contributed by atoms with Crippen LogP contribution in [0, 0.1) is 0 Å². The van der Waals surface area contributed by atoms with Crippen LogP contribution in [0.5, 0.6) is 0 Å². The largest absolute Gasteiger partial charge is 0.490 e. The fraction of sp³-hybridized carbons (Fsp3) is 0.556. The minimum absolute atomic E-state index is 0.157. The number of nitrogens with two attached hydrogens (primary N) is 1. The zero-order valence-corrected chi connectivity index (χ0v) is 18.5. The molecule has 1 aromatic heterocycles. The molecule has 1 aliphatic rings. The van der Waals surface area contributed by atoms with Crippen molar-refractivity contribution in [2.24, 2.45) is 0 Å². The summed E-state index contributed by atoms with van der Waals surface area (Å²) in [6.07, 6.45) is -5.49. The lowest BCUT2D eigenvalue weighted by Gasteiger charge is -2.19. The highest BCUT2D eigenvalue weighted by Gasteiger charge is 2.46. The molecule has 6 unspecified atom stereocenters. The first-order valence-corrected chi connectivity index (χ1v) is 12.7. The van der Waals surface area contributed by atoms with Gasteiger partial charge in [-0.2, -0.15) is 13.6 Å². The fourth-order valence-electron chi connectivity index (χ4n) is 2.21. The Morgan fingerprint density at radius 1 is 1.13 bits per heavy atom. The van der Waals surface area contributed by atoms with Gasteiger partial charge in [0.25, 0.3) is 0 Å². The molecule has 2 rings (SSSR count). The van der Waals surface area contributed by atoms with Gasteiger partial charge in [-0.3, -0.25) is 9.09 Å². The van der Waals surface area contributed by atoms with Crippen molar-refractivity contribution in [2.45, 2.75) is 24.5 Å². The van der Waals surface area contributed by atoms with Crippen molar-refractivity contribution in [3.05, 3.63) is 21.2 Å². The molecule has 0 aliphatic carbocycles. The van der Waals surface area contributed by atoms with Crippen molar-refractivity contribution in [3.8, 4) is 0 Å². The summed E-state index contributed by atoms with van der Waals surface area (Å²) < 4.78 is 51.1. The molecule has 1 saturated heterocycles.